The summed E-state index contributed by atoms with van der Waals surface area (Å²) in [6.45, 7) is 0. The number of carboxylic acid groups (broad SMARTS) is 1. The molecule has 1 aliphatic rings. The van der Waals surface area contributed by atoms with Crippen LogP contribution in [0.3, 0.4) is 0 Å². The fourth-order valence-electron chi connectivity index (χ4n) is 2.57. The molecule has 2 atom stereocenters. The summed E-state index contributed by atoms with van der Waals surface area (Å²) in [5.74, 6) is -2.10. The second-order valence-electron chi connectivity index (χ2n) is 4.57. The monoisotopic (exact) mass is 272 g/mol. The van der Waals surface area contributed by atoms with Crippen molar-refractivity contribution in [3.05, 3.63) is 23.3 Å². The van der Waals surface area contributed by atoms with Crippen molar-refractivity contribution in [2.45, 2.75) is 31.1 Å². The van der Waals surface area contributed by atoms with Crippen molar-refractivity contribution in [2.24, 2.45) is 0 Å². The molecule has 19 heavy (non-hydrogen) atoms. The third-order valence-corrected chi connectivity index (χ3v) is 3.48. The van der Waals surface area contributed by atoms with Crippen molar-refractivity contribution in [1.82, 2.24) is 0 Å². The van der Waals surface area contributed by atoms with Gasteiger partial charge in [-0.05, 0) is 31.4 Å². The van der Waals surface area contributed by atoms with Crippen LogP contribution in [0.15, 0.2) is 12.1 Å². The van der Waals surface area contributed by atoms with Gasteiger partial charge in [-0.2, -0.15) is 0 Å². The number of hydrogen-bond donors (Lipinski definition) is 2. The summed E-state index contributed by atoms with van der Waals surface area (Å²) >= 11 is 0. The number of hydrogen-bond acceptors (Lipinski definition) is 3. The van der Waals surface area contributed by atoms with Crippen molar-refractivity contribution in [1.29, 1.82) is 0 Å². The fraction of sp³-hybridized carbons (Fsp3) is 0.462. The zero-order valence-corrected chi connectivity index (χ0v) is 10.3. The topological polar surface area (TPSA) is 66.8 Å². The third-order valence-electron chi connectivity index (χ3n) is 3.48. The average Bonchev–Trinajstić information content (AvgIpc) is 2.69. The van der Waals surface area contributed by atoms with E-state index in [4.69, 9.17) is 9.84 Å². The largest absolute Gasteiger partial charge is 0.504 e. The van der Waals surface area contributed by atoms with Crippen molar-refractivity contribution in [3.8, 4) is 11.5 Å². The highest BCUT2D eigenvalue weighted by Crippen LogP contribution is 2.51. The number of rotatable bonds is 3. The molecule has 0 saturated heterocycles. The number of carbonyl (C=O) groups is 1. The summed E-state index contributed by atoms with van der Waals surface area (Å²) in [6.07, 6.45) is -1.60. The molecule has 4 nitrogen and oxygen atoms in total. The Labute approximate surface area is 108 Å². The van der Waals surface area contributed by atoms with Gasteiger partial charge in [-0.1, -0.05) is 0 Å². The van der Waals surface area contributed by atoms with Gasteiger partial charge in [0.1, 0.15) is 6.17 Å². The van der Waals surface area contributed by atoms with Crippen molar-refractivity contribution in [3.63, 3.8) is 0 Å². The number of alkyl halides is 2. The average molecular weight is 272 g/mol. The second-order valence-corrected chi connectivity index (χ2v) is 4.57. The van der Waals surface area contributed by atoms with Crippen LogP contribution in [0.1, 0.15) is 35.2 Å². The highest BCUT2D eigenvalue weighted by atomic mass is 19.2. The maximum absolute atomic E-state index is 14.9. The molecule has 1 aromatic rings. The van der Waals surface area contributed by atoms with Gasteiger partial charge in [0, 0.05) is 0 Å². The summed E-state index contributed by atoms with van der Waals surface area (Å²) in [4.78, 5) is 11.2. The molecule has 0 aromatic heterocycles. The first kappa shape index (κ1) is 13.6. The molecule has 2 unspecified atom stereocenters. The normalized spacial score (nSPS) is 26.4. The molecule has 1 saturated carbocycles. The molecule has 1 fully saturated rings. The first-order valence-corrected chi connectivity index (χ1v) is 5.88. The van der Waals surface area contributed by atoms with Crippen molar-refractivity contribution < 1.29 is 28.5 Å². The smallest absolute Gasteiger partial charge is 0.336 e. The number of phenolic OH excluding ortho intramolecular Hbond substituents is 1. The van der Waals surface area contributed by atoms with Crippen LogP contribution in [-0.4, -0.2) is 29.5 Å². The SMILES string of the molecule is COc1c(O)ccc(C(=O)O)c1C1(F)CCCC1F. The zero-order valence-electron chi connectivity index (χ0n) is 10.3. The number of methoxy groups -OCH3 is 1. The summed E-state index contributed by atoms with van der Waals surface area (Å²) in [5.41, 5.74) is -3.23. The van der Waals surface area contributed by atoms with Gasteiger partial charge in [0.05, 0.1) is 18.2 Å². The molecule has 2 N–H and O–H groups in total. The molecule has 0 heterocycles. The Balaban J connectivity index is 2.72. The molecular formula is C13H14F2O4. The summed E-state index contributed by atoms with van der Waals surface area (Å²) in [6, 6.07) is 2.15. The van der Waals surface area contributed by atoms with Gasteiger partial charge >= 0.3 is 5.97 Å². The van der Waals surface area contributed by atoms with Gasteiger partial charge < -0.3 is 14.9 Å². The van der Waals surface area contributed by atoms with Gasteiger partial charge in [-0.25, -0.2) is 13.6 Å². The van der Waals surface area contributed by atoms with Gasteiger partial charge in [-0.3, -0.25) is 0 Å². The van der Waals surface area contributed by atoms with E-state index in [-0.39, 0.29) is 24.2 Å². The first-order chi connectivity index (χ1) is 8.91. The molecular weight excluding hydrogens is 258 g/mol. The molecule has 0 radical (unpaired) electrons. The summed E-state index contributed by atoms with van der Waals surface area (Å²) in [5, 5.41) is 18.8. The zero-order chi connectivity index (χ0) is 14.2. The lowest BCUT2D eigenvalue weighted by Crippen LogP contribution is -2.29. The van der Waals surface area contributed by atoms with E-state index >= 15 is 0 Å². The van der Waals surface area contributed by atoms with E-state index in [0.717, 1.165) is 12.1 Å². The van der Waals surface area contributed by atoms with E-state index < -0.39 is 29.1 Å². The van der Waals surface area contributed by atoms with E-state index in [1.807, 2.05) is 0 Å². The molecule has 104 valence electrons. The second kappa shape index (κ2) is 4.68. The standard InChI is InChI=1S/C13H14F2O4/c1-19-11-8(16)5-4-7(12(17)18)10(11)13(15)6-2-3-9(13)14/h4-5,9,16H,2-3,6H2,1H3,(H,17,18). The van der Waals surface area contributed by atoms with Gasteiger partial charge in [-0.15, -0.1) is 0 Å². The highest BCUT2D eigenvalue weighted by molar-refractivity contribution is 5.91. The van der Waals surface area contributed by atoms with E-state index in [1.165, 1.54) is 7.11 Å². The van der Waals surface area contributed by atoms with E-state index in [0.29, 0.717) is 6.42 Å². The lowest BCUT2D eigenvalue weighted by molar-refractivity contribution is 0.0612. The van der Waals surface area contributed by atoms with Gasteiger partial charge in [0.2, 0.25) is 0 Å². The van der Waals surface area contributed by atoms with Gasteiger partial charge in [0.25, 0.3) is 0 Å². The molecule has 0 spiro atoms. The van der Waals surface area contributed by atoms with Crippen LogP contribution in [0.5, 0.6) is 11.5 Å². The number of carboxylic acids is 1. The van der Waals surface area contributed by atoms with Crippen LogP contribution in [-0.2, 0) is 5.67 Å². The third kappa shape index (κ3) is 2.01. The van der Waals surface area contributed by atoms with Crippen LogP contribution in [0.25, 0.3) is 0 Å². The Hall–Kier alpha value is -1.85. The molecule has 1 aromatic carbocycles. The number of ether oxygens (including phenoxy) is 1. The molecule has 2 rings (SSSR count). The minimum absolute atomic E-state index is 0.0222. The Morgan fingerprint density at radius 3 is 2.68 bits per heavy atom. The van der Waals surface area contributed by atoms with Crippen LogP contribution in [0.2, 0.25) is 0 Å². The number of aromatic hydroxyl groups is 1. The minimum Gasteiger partial charge on any atom is -0.504 e. The molecule has 0 aliphatic heterocycles. The van der Waals surface area contributed by atoms with E-state index in [9.17, 15) is 18.7 Å². The molecule has 0 bridgehead atoms. The number of benzene rings is 1. The first-order valence-electron chi connectivity index (χ1n) is 5.88. The quantitative estimate of drug-likeness (QED) is 0.887. The lowest BCUT2D eigenvalue weighted by Gasteiger charge is -2.26. The van der Waals surface area contributed by atoms with E-state index in [1.54, 1.807) is 0 Å². The van der Waals surface area contributed by atoms with Gasteiger partial charge in [0.15, 0.2) is 17.2 Å². The summed E-state index contributed by atoms with van der Waals surface area (Å²) < 4.78 is 33.6. The fourth-order valence-corrected chi connectivity index (χ4v) is 2.57. The number of phenols is 1. The van der Waals surface area contributed by atoms with Crippen molar-refractivity contribution >= 4 is 5.97 Å². The Kier molecular flexibility index (Phi) is 3.34. The Morgan fingerprint density at radius 1 is 1.53 bits per heavy atom. The predicted molar refractivity (Wildman–Crippen MR) is 63.2 cm³/mol. The molecule has 0 amide bonds. The Morgan fingerprint density at radius 2 is 2.21 bits per heavy atom. The van der Waals surface area contributed by atoms with Crippen molar-refractivity contribution in [2.75, 3.05) is 7.11 Å². The highest BCUT2D eigenvalue weighted by Gasteiger charge is 2.49. The Bertz CT molecular complexity index is 518. The molecule has 1 aliphatic carbocycles. The number of halogens is 2. The maximum Gasteiger partial charge on any atom is 0.336 e. The lowest BCUT2D eigenvalue weighted by atomic mass is 9.87. The minimum atomic E-state index is -2.43. The number of aromatic carboxylic acids is 1. The molecule has 6 heteroatoms. The van der Waals surface area contributed by atoms with Crippen LogP contribution < -0.4 is 4.74 Å². The predicted octanol–water partition coefficient (Wildman–Crippen LogP) is 2.79. The van der Waals surface area contributed by atoms with E-state index in [2.05, 4.69) is 0 Å². The van der Waals surface area contributed by atoms with Crippen LogP contribution in [0, 0.1) is 0 Å². The van der Waals surface area contributed by atoms with Crippen LogP contribution in [0.4, 0.5) is 8.78 Å². The van der Waals surface area contributed by atoms with Crippen LogP contribution >= 0.6 is 0 Å². The summed E-state index contributed by atoms with van der Waals surface area (Å²) in [7, 11) is 1.18. The maximum atomic E-state index is 14.9.